The minimum absolute atomic E-state index is 0.779. The first-order chi connectivity index (χ1) is 7.27. The molecular weight excluding hydrogens is 184 g/mol. The van der Waals surface area contributed by atoms with Gasteiger partial charge < -0.3 is 11.1 Å². The summed E-state index contributed by atoms with van der Waals surface area (Å²) in [7, 11) is 0. The summed E-state index contributed by atoms with van der Waals surface area (Å²) in [4.78, 5) is 0. The Bertz CT molecular complexity index is 113. The third kappa shape index (κ3) is 13.9. The van der Waals surface area contributed by atoms with Crippen LogP contribution in [-0.4, -0.2) is 19.6 Å². The van der Waals surface area contributed by atoms with Crippen molar-refractivity contribution in [2.45, 2.75) is 58.8 Å². The SMILES string of the molecule is CC(C)CNCCCCCCCCCN. The van der Waals surface area contributed by atoms with Gasteiger partial charge in [-0.25, -0.2) is 0 Å². The summed E-state index contributed by atoms with van der Waals surface area (Å²) in [6.07, 6.45) is 9.41. The fraction of sp³-hybridized carbons (Fsp3) is 1.00. The van der Waals surface area contributed by atoms with Crippen LogP contribution in [0.4, 0.5) is 0 Å². The first kappa shape index (κ1) is 14.9. The van der Waals surface area contributed by atoms with Crippen LogP contribution in [0.3, 0.4) is 0 Å². The zero-order chi connectivity index (χ0) is 11.4. The molecule has 0 aromatic heterocycles. The standard InChI is InChI=1S/C13H30N2/c1-13(2)12-15-11-9-7-5-3-4-6-8-10-14/h13,15H,3-12,14H2,1-2H3. The van der Waals surface area contributed by atoms with Crippen molar-refractivity contribution in [3.63, 3.8) is 0 Å². The van der Waals surface area contributed by atoms with Gasteiger partial charge in [0.1, 0.15) is 0 Å². The van der Waals surface area contributed by atoms with E-state index < -0.39 is 0 Å². The van der Waals surface area contributed by atoms with Crippen molar-refractivity contribution in [1.82, 2.24) is 5.32 Å². The first-order valence-electron chi connectivity index (χ1n) is 6.68. The highest BCUT2D eigenvalue weighted by Crippen LogP contribution is 2.06. The van der Waals surface area contributed by atoms with Gasteiger partial charge in [-0.2, -0.15) is 0 Å². The van der Waals surface area contributed by atoms with Crippen molar-refractivity contribution < 1.29 is 0 Å². The average molecular weight is 214 g/mol. The molecule has 0 unspecified atom stereocenters. The molecule has 0 amide bonds. The van der Waals surface area contributed by atoms with Crippen LogP contribution in [0.5, 0.6) is 0 Å². The van der Waals surface area contributed by atoms with Gasteiger partial charge >= 0.3 is 0 Å². The lowest BCUT2D eigenvalue weighted by Crippen LogP contribution is -2.20. The van der Waals surface area contributed by atoms with Crippen molar-refractivity contribution >= 4 is 0 Å². The smallest absolute Gasteiger partial charge is 0.00258 e. The molecule has 0 fully saturated rings. The lowest BCUT2D eigenvalue weighted by molar-refractivity contribution is 0.519. The molecule has 0 radical (unpaired) electrons. The molecule has 0 aliphatic carbocycles. The zero-order valence-electron chi connectivity index (χ0n) is 10.7. The van der Waals surface area contributed by atoms with E-state index in [1.165, 1.54) is 51.5 Å². The molecule has 15 heavy (non-hydrogen) atoms. The van der Waals surface area contributed by atoms with E-state index >= 15 is 0 Å². The Kier molecular flexibility index (Phi) is 11.9. The summed E-state index contributed by atoms with van der Waals surface area (Å²) >= 11 is 0. The van der Waals surface area contributed by atoms with Gasteiger partial charge in [0.2, 0.25) is 0 Å². The molecule has 92 valence electrons. The largest absolute Gasteiger partial charge is 0.330 e. The molecule has 0 aromatic carbocycles. The van der Waals surface area contributed by atoms with Crippen LogP contribution in [0, 0.1) is 5.92 Å². The predicted octanol–water partition coefficient (Wildman–Crippen LogP) is 2.92. The minimum atomic E-state index is 0.779. The molecule has 0 heterocycles. The summed E-state index contributed by atoms with van der Waals surface area (Å²) in [5.74, 6) is 0.779. The fourth-order valence-corrected chi connectivity index (χ4v) is 1.67. The molecule has 0 aliphatic heterocycles. The maximum absolute atomic E-state index is 5.44. The molecule has 0 bridgehead atoms. The van der Waals surface area contributed by atoms with Gasteiger partial charge in [-0.15, -0.1) is 0 Å². The second kappa shape index (κ2) is 12.0. The number of nitrogens with two attached hydrogens (primary N) is 1. The van der Waals surface area contributed by atoms with Crippen molar-refractivity contribution in [2.24, 2.45) is 11.7 Å². The topological polar surface area (TPSA) is 38.0 Å². The predicted molar refractivity (Wildman–Crippen MR) is 69.1 cm³/mol. The van der Waals surface area contributed by atoms with E-state index in [4.69, 9.17) is 5.73 Å². The summed E-state index contributed by atoms with van der Waals surface area (Å²) in [5.41, 5.74) is 5.44. The van der Waals surface area contributed by atoms with E-state index in [-0.39, 0.29) is 0 Å². The van der Waals surface area contributed by atoms with Crippen LogP contribution in [0.15, 0.2) is 0 Å². The van der Waals surface area contributed by atoms with Gasteiger partial charge in [-0.05, 0) is 38.4 Å². The summed E-state index contributed by atoms with van der Waals surface area (Å²) < 4.78 is 0. The van der Waals surface area contributed by atoms with Crippen molar-refractivity contribution in [3.05, 3.63) is 0 Å². The molecule has 2 nitrogen and oxygen atoms in total. The highest BCUT2D eigenvalue weighted by molar-refractivity contribution is 4.52. The molecule has 0 spiro atoms. The second-order valence-corrected chi connectivity index (χ2v) is 4.86. The summed E-state index contributed by atoms with van der Waals surface area (Å²) in [5, 5.41) is 3.48. The third-order valence-corrected chi connectivity index (χ3v) is 2.61. The number of unbranched alkanes of at least 4 members (excludes halogenated alkanes) is 6. The lowest BCUT2D eigenvalue weighted by Gasteiger charge is -2.06. The minimum Gasteiger partial charge on any atom is -0.330 e. The Labute approximate surface area is 96.0 Å². The molecule has 0 rings (SSSR count). The number of nitrogens with one attached hydrogen (secondary N) is 1. The normalized spacial score (nSPS) is 11.2. The monoisotopic (exact) mass is 214 g/mol. The van der Waals surface area contributed by atoms with E-state index in [1.54, 1.807) is 0 Å². The van der Waals surface area contributed by atoms with Crippen molar-refractivity contribution in [3.8, 4) is 0 Å². The molecular formula is C13H30N2. The van der Waals surface area contributed by atoms with Crippen LogP contribution < -0.4 is 11.1 Å². The van der Waals surface area contributed by atoms with Crippen LogP contribution >= 0.6 is 0 Å². The van der Waals surface area contributed by atoms with Gasteiger partial charge in [0.15, 0.2) is 0 Å². The van der Waals surface area contributed by atoms with E-state index in [2.05, 4.69) is 19.2 Å². The fourth-order valence-electron chi connectivity index (χ4n) is 1.67. The van der Waals surface area contributed by atoms with Gasteiger partial charge in [0.05, 0.1) is 0 Å². The van der Waals surface area contributed by atoms with E-state index in [0.29, 0.717) is 0 Å². The molecule has 0 aliphatic rings. The molecule has 0 saturated heterocycles. The molecule has 2 heteroatoms. The third-order valence-electron chi connectivity index (χ3n) is 2.61. The van der Waals surface area contributed by atoms with Gasteiger partial charge in [0, 0.05) is 0 Å². The maximum Gasteiger partial charge on any atom is -0.00258 e. The zero-order valence-corrected chi connectivity index (χ0v) is 10.7. The molecule has 0 saturated carbocycles. The Balaban J connectivity index is 2.87. The molecule has 3 N–H and O–H groups in total. The number of hydrogen-bond donors (Lipinski definition) is 2. The summed E-state index contributed by atoms with van der Waals surface area (Å²) in [6, 6.07) is 0. The van der Waals surface area contributed by atoms with Crippen molar-refractivity contribution in [1.29, 1.82) is 0 Å². The average Bonchev–Trinajstić information content (AvgIpc) is 2.20. The first-order valence-corrected chi connectivity index (χ1v) is 6.68. The maximum atomic E-state index is 5.44. The van der Waals surface area contributed by atoms with Crippen LogP contribution in [0.25, 0.3) is 0 Å². The quantitative estimate of drug-likeness (QED) is 0.519. The Morgan fingerprint density at radius 1 is 0.867 bits per heavy atom. The molecule has 0 atom stereocenters. The van der Waals surface area contributed by atoms with E-state index in [1.807, 2.05) is 0 Å². The number of hydrogen-bond acceptors (Lipinski definition) is 2. The van der Waals surface area contributed by atoms with Gasteiger partial charge in [-0.3, -0.25) is 0 Å². The summed E-state index contributed by atoms with van der Waals surface area (Å²) in [6.45, 7) is 7.73. The number of rotatable bonds is 11. The highest BCUT2D eigenvalue weighted by atomic mass is 14.8. The Morgan fingerprint density at radius 3 is 1.93 bits per heavy atom. The van der Waals surface area contributed by atoms with E-state index in [0.717, 1.165) is 19.0 Å². The Morgan fingerprint density at radius 2 is 1.40 bits per heavy atom. The van der Waals surface area contributed by atoms with Crippen LogP contribution in [-0.2, 0) is 0 Å². The Hall–Kier alpha value is -0.0800. The van der Waals surface area contributed by atoms with E-state index in [9.17, 15) is 0 Å². The lowest BCUT2D eigenvalue weighted by atomic mass is 10.1. The molecule has 0 aromatic rings. The van der Waals surface area contributed by atoms with Crippen LogP contribution in [0.2, 0.25) is 0 Å². The van der Waals surface area contributed by atoms with Gasteiger partial charge in [-0.1, -0.05) is 46.0 Å². The highest BCUT2D eigenvalue weighted by Gasteiger charge is 1.93. The van der Waals surface area contributed by atoms with Crippen LogP contribution in [0.1, 0.15) is 58.8 Å². The second-order valence-electron chi connectivity index (χ2n) is 4.86. The van der Waals surface area contributed by atoms with Crippen molar-refractivity contribution in [2.75, 3.05) is 19.6 Å². The van der Waals surface area contributed by atoms with Gasteiger partial charge in [0.25, 0.3) is 0 Å².